The molecule has 0 bridgehead atoms. The summed E-state index contributed by atoms with van der Waals surface area (Å²) >= 11 is 0. The Hall–Kier alpha value is -3.22. The number of carbonyl (C=O) groups excluding carboxylic acids is 2. The Balaban J connectivity index is 1.40. The number of fused-ring (bicyclic) bond motifs is 1. The minimum atomic E-state index is -0.250. The van der Waals surface area contributed by atoms with Crippen LogP contribution in [0.25, 0.3) is 10.8 Å². The molecule has 1 fully saturated rings. The Bertz CT molecular complexity index is 969. The highest BCUT2D eigenvalue weighted by atomic mass is 16.2. The van der Waals surface area contributed by atoms with Gasteiger partial charge in [0.2, 0.25) is 11.8 Å². The van der Waals surface area contributed by atoms with Gasteiger partial charge in [0.05, 0.1) is 12.7 Å². The van der Waals surface area contributed by atoms with Crippen LogP contribution in [0.2, 0.25) is 0 Å². The summed E-state index contributed by atoms with van der Waals surface area (Å²) < 4.78 is 1.93. The monoisotopic (exact) mass is 349 g/mol. The van der Waals surface area contributed by atoms with Crippen LogP contribution in [0.3, 0.4) is 0 Å². The predicted molar refractivity (Wildman–Crippen MR) is 97.3 cm³/mol. The van der Waals surface area contributed by atoms with Crippen LogP contribution in [-0.4, -0.2) is 26.3 Å². The van der Waals surface area contributed by atoms with E-state index in [1.807, 2.05) is 28.8 Å². The molecule has 3 N–H and O–H groups in total. The third-order valence-corrected chi connectivity index (χ3v) is 4.93. The summed E-state index contributed by atoms with van der Waals surface area (Å²) in [6, 6.07) is 7.98. The number of benzene rings is 1. The van der Waals surface area contributed by atoms with E-state index < -0.39 is 0 Å². The third kappa shape index (κ3) is 3.15. The molecule has 1 aliphatic rings. The van der Waals surface area contributed by atoms with E-state index in [9.17, 15) is 9.59 Å². The SMILES string of the molecule is NC(=O)C1CC(n2cnc(NC(=O)Cc3cccc4cnccc34)c2)C1. The van der Waals surface area contributed by atoms with Crippen LogP contribution in [0.1, 0.15) is 24.4 Å². The number of amides is 2. The van der Waals surface area contributed by atoms with Crippen molar-refractivity contribution in [1.82, 2.24) is 14.5 Å². The van der Waals surface area contributed by atoms with Gasteiger partial charge in [-0.25, -0.2) is 4.98 Å². The average Bonchev–Trinajstić information content (AvgIpc) is 3.01. The van der Waals surface area contributed by atoms with Crippen molar-refractivity contribution < 1.29 is 9.59 Å². The number of hydrogen-bond acceptors (Lipinski definition) is 4. The molecule has 26 heavy (non-hydrogen) atoms. The number of carbonyl (C=O) groups is 2. The molecule has 0 unspecified atom stereocenters. The average molecular weight is 349 g/mol. The Kier molecular flexibility index (Phi) is 4.12. The number of primary amides is 1. The Morgan fingerprint density at radius 2 is 2.12 bits per heavy atom. The molecule has 7 heteroatoms. The van der Waals surface area contributed by atoms with Gasteiger partial charge in [0, 0.05) is 35.9 Å². The number of pyridine rings is 1. The van der Waals surface area contributed by atoms with E-state index in [-0.39, 0.29) is 30.2 Å². The van der Waals surface area contributed by atoms with Crippen LogP contribution >= 0.6 is 0 Å². The van der Waals surface area contributed by atoms with Crippen molar-refractivity contribution in [2.75, 3.05) is 5.32 Å². The smallest absolute Gasteiger partial charge is 0.230 e. The topological polar surface area (TPSA) is 103 Å². The molecule has 1 aromatic carbocycles. The van der Waals surface area contributed by atoms with Crippen LogP contribution < -0.4 is 11.1 Å². The molecule has 1 aliphatic carbocycles. The minimum absolute atomic E-state index is 0.0544. The first-order valence-corrected chi connectivity index (χ1v) is 8.54. The molecule has 0 aliphatic heterocycles. The minimum Gasteiger partial charge on any atom is -0.369 e. The fourth-order valence-electron chi connectivity index (χ4n) is 3.37. The number of imidazole rings is 1. The van der Waals surface area contributed by atoms with Gasteiger partial charge in [0.15, 0.2) is 5.82 Å². The fraction of sp³-hybridized carbons (Fsp3) is 0.263. The maximum absolute atomic E-state index is 12.4. The molecule has 0 spiro atoms. The molecule has 0 atom stereocenters. The Labute approximate surface area is 150 Å². The number of nitrogens with one attached hydrogen (secondary N) is 1. The lowest BCUT2D eigenvalue weighted by Gasteiger charge is -2.33. The van der Waals surface area contributed by atoms with Gasteiger partial charge in [-0.15, -0.1) is 0 Å². The Morgan fingerprint density at radius 3 is 2.92 bits per heavy atom. The van der Waals surface area contributed by atoms with Gasteiger partial charge in [-0.2, -0.15) is 0 Å². The highest BCUT2D eigenvalue weighted by Gasteiger charge is 2.34. The van der Waals surface area contributed by atoms with E-state index >= 15 is 0 Å². The zero-order valence-corrected chi connectivity index (χ0v) is 14.1. The number of rotatable bonds is 5. The lowest BCUT2D eigenvalue weighted by molar-refractivity contribution is -0.125. The molecule has 1 saturated carbocycles. The zero-order chi connectivity index (χ0) is 18.1. The summed E-state index contributed by atoms with van der Waals surface area (Å²) in [5.41, 5.74) is 6.25. The number of nitrogens with zero attached hydrogens (tertiary/aromatic N) is 3. The first-order chi connectivity index (χ1) is 12.6. The molecule has 2 amide bonds. The van der Waals surface area contributed by atoms with E-state index in [4.69, 9.17) is 5.73 Å². The van der Waals surface area contributed by atoms with Gasteiger partial charge in [-0.05, 0) is 29.9 Å². The molecule has 2 heterocycles. The Morgan fingerprint density at radius 1 is 1.27 bits per heavy atom. The second kappa shape index (κ2) is 6.59. The zero-order valence-electron chi connectivity index (χ0n) is 14.1. The van der Waals surface area contributed by atoms with Crippen LogP contribution in [0.5, 0.6) is 0 Å². The number of nitrogens with two attached hydrogens (primary N) is 1. The van der Waals surface area contributed by atoms with E-state index in [1.165, 1.54) is 0 Å². The maximum Gasteiger partial charge on any atom is 0.230 e. The summed E-state index contributed by atoms with van der Waals surface area (Å²) in [6.07, 6.45) is 8.71. The van der Waals surface area contributed by atoms with Crippen molar-refractivity contribution in [1.29, 1.82) is 0 Å². The van der Waals surface area contributed by atoms with Crippen LogP contribution in [0, 0.1) is 5.92 Å². The standard InChI is InChI=1S/C19H19N5O2/c20-19(26)14-6-15(7-14)24-10-17(22-11-24)23-18(25)8-12-2-1-3-13-9-21-5-4-16(12)13/h1-5,9-11,14-15H,6-8H2,(H2,20,26)(H,23,25). The van der Waals surface area contributed by atoms with Crippen molar-refractivity contribution in [3.05, 3.63) is 54.7 Å². The molecular formula is C19H19N5O2. The molecule has 4 rings (SSSR count). The van der Waals surface area contributed by atoms with Crippen LogP contribution in [-0.2, 0) is 16.0 Å². The summed E-state index contributed by atoms with van der Waals surface area (Å²) in [7, 11) is 0. The summed E-state index contributed by atoms with van der Waals surface area (Å²) in [5.74, 6) is 0.0871. The second-order valence-electron chi connectivity index (χ2n) is 6.67. The normalized spacial score (nSPS) is 19.1. The summed E-state index contributed by atoms with van der Waals surface area (Å²) in [4.78, 5) is 31.9. The molecule has 7 nitrogen and oxygen atoms in total. The predicted octanol–water partition coefficient (Wildman–Crippen LogP) is 2.05. The van der Waals surface area contributed by atoms with Crippen molar-refractivity contribution in [3.8, 4) is 0 Å². The molecule has 3 aromatic rings. The van der Waals surface area contributed by atoms with Crippen LogP contribution in [0.4, 0.5) is 5.82 Å². The van der Waals surface area contributed by atoms with Crippen molar-refractivity contribution in [3.63, 3.8) is 0 Å². The first kappa shape index (κ1) is 16.3. The van der Waals surface area contributed by atoms with E-state index in [1.54, 1.807) is 24.9 Å². The van der Waals surface area contributed by atoms with Crippen LogP contribution in [0.15, 0.2) is 49.2 Å². The first-order valence-electron chi connectivity index (χ1n) is 8.54. The van der Waals surface area contributed by atoms with E-state index in [0.717, 1.165) is 29.2 Å². The van der Waals surface area contributed by atoms with Gasteiger partial charge in [-0.1, -0.05) is 18.2 Å². The van der Waals surface area contributed by atoms with Gasteiger partial charge < -0.3 is 15.6 Å². The fourth-order valence-corrected chi connectivity index (χ4v) is 3.37. The molecule has 2 aromatic heterocycles. The summed E-state index contributed by atoms with van der Waals surface area (Å²) in [5, 5.41) is 4.87. The molecule has 132 valence electrons. The van der Waals surface area contributed by atoms with Crippen molar-refractivity contribution in [2.45, 2.75) is 25.3 Å². The number of anilines is 1. The molecule has 0 radical (unpaired) electrons. The van der Waals surface area contributed by atoms with Crippen molar-refractivity contribution in [2.24, 2.45) is 11.7 Å². The second-order valence-corrected chi connectivity index (χ2v) is 6.67. The highest BCUT2D eigenvalue weighted by molar-refractivity contribution is 5.95. The van der Waals surface area contributed by atoms with Crippen molar-refractivity contribution >= 4 is 28.4 Å². The lowest BCUT2D eigenvalue weighted by Crippen LogP contribution is -2.36. The quantitative estimate of drug-likeness (QED) is 0.736. The largest absolute Gasteiger partial charge is 0.369 e. The van der Waals surface area contributed by atoms with Gasteiger partial charge in [0.1, 0.15) is 0 Å². The maximum atomic E-state index is 12.4. The third-order valence-electron chi connectivity index (χ3n) is 4.93. The van der Waals surface area contributed by atoms with Gasteiger partial charge >= 0.3 is 0 Å². The molecule has 0 saturated heterocycles. The van der Waals surface area contributed by atoms with E-state index in [0.29, 0.717) is 5.82 Å². The summed E-state index contributed by atoms with van der Waals surface area (Å²) in [6.45, 7) is 0. The number of aromatic nitrogens is 3. The van der Waals surface area contributed by atoms with E-state index in [2.05, 4.69) is 15.3 Å². The van der Waals surface area contributed by atoms with Gasteiger partial charge in [0.25, 0.3) is 0 Å². The van der Waals surface area contributed by atoms with Gasteiger partial charge in [-0.3, -0.25) is 14.6 Å². The molecular weight excluding hydrogens is 330 g/mol. The highest BCUT2D eigenvalue weighted by Crippen LogP contribution is 2.37. The lowest BCUT2D eigenvalue weighted by atomic mass is 9.80. The number of hydrogen-bond donors (Lipinski definition) is 2.